The van der Waals surface area contributed by atoms with Gasteiger partial charge in [-0.1, -0.05) is 0 Å². The first-order chi connectivity index (χ1) is 12.3. The third-order valence-corrected chi connectivity index (χ3v) is 4.40. The van der Waals surface area contributed by atoms with Crippen molar-refractivity contribution in [2.45, 2.75) is 18.9 Å². The molecule has 3 heterocycles. The van der Waals surface area contributed by atoms with Gasteiger partial charge in [0.25, 0.3) is 5.91 Å². The number of hydrogen-bond donors (Lipinski definition) is 1. The number of piperidine rings is 1. The lowest BCUT2D eigenvalue weighted by molar-refractivity contribution is 0.0932. The quantitative estimate of drug-likeness (QED) is 0.915. The summed E-state index contributed by atoms with van der Waals surface area (Å²) in [5, 5.41) is 3.11. The Hall–Kier alpha value is -2.83. The van der Waals surface area contributed by atoms with Gasteiger partial charge in [0.05, 0.1) is 0 Å². The second kappa shape index (κ2) is 6.96. The molecule has 1 aromatic heterocycles. The molecule has 2 aromatic rings. The Morgan fingerprint density at radius 2 is 1.96 bits per heavy atom. The zero-order valence-corrected chi connectivity index (χ0v) is 13.9. The molecule has 1 amide bonds. The smallest absolute Gasteiger partial charge is 0.251 e. The van der Waals surface area contributed by atoms with E-state index in [1.165, 1.54) is 0 Å². The molecule has 2 aliphatic rings. The third-order valence-electron chi connectivity index (χ3n) is 4.40. The molecule has 1 atom stereocenters. The number of nitrogens with zero attached hydrogens (tertiary/aromatic N) is 3. The molecule has 1 aromatic carbocycles. The number of hydrogen-bond acceptors (Lipinski definition) is 6. The van der Waals surface area contributed by atoms with Crippen LogP contribution in [-0.4, -0.2) is 48.2 Å². The van der Waals surface area contributed by atoms with E-state index in [9.17, 15) is 4.79 Å². The van der Waals surface area contributed by atoms with Crippen LogP contribution in [0.15, 0.2) is 36.7 Å². The van der Waals surface area contributed by atoms with Crippen LogP contribution in [0.1, 0.15) is 23.2 Å². The minimum atomic E-state index is -0.0993. The standard InChI is InChI=1S/C18H20N4O3/c23-17(13-4-5-15-16(11-13)25-10-9-24-15)21-14-3-1-8-22(12-14)18-19-6-2-7-20-18/h2,4-7,11,14H,1,3,8-10,12H2,(H,21,23)/t14-/m0/s1. The predicted molar refractivity (Wildman–Crippen MR) is 92.2 cm³/mol. The molecule has 130 valence electrons. The molecule has 0 bridgehead atoms. The lowest BCUT2D eigenvalue weighted by atomic mass is 10.1. The number of carbonyl (C=O) groups is 1. The van der Waals surface area contributed by atoms with Crippen LogP contribution in [0.25, 0.3) is 0 Å². The van der Waals surface area contributed by atoms with Crippen LogP contribution >= 0.6 is 0 Å². The minimum Gasteiger partial charge on any atom is -0.486 e. The van der Waals surface area contributed by atoms with Crippen molar-refractivity contribution in [1.29, 1.82) is 0 Å². The number of ether oxygens (including phenoxy) is 2. The van der Waals surface area contributed by atoms with E-state index in [2.05, 4.69) is 20.2 Å². The maximum atomic E-state index is 12.6. The lowest BCUT2D eigenvalue weighted by Crippen LogP contribution is -2.48. The normalized spacial score (nSPS) is 19.4. The molecule has 0 unspecified atom stereocenters. The molecular weight excluding hydrogens is 320 g/mol. The summed E-state index contributed by atoms with van der Waals surface area (Å²) in [7, 11) is 0. The summed E-state index contributed by atoms with van der Waals surface area (Å²) in [6.45, 7) is 2.66. The number of fused-ring (bicyclic) bond motifs is 1. The summed E-state index contributed by atoms with van der Waals surface area (Å²) in [5.74, 6) is 1.92. The van der Waals surface area contributed by atoms with Crippen molar-refractivity contribution in [2.75, 3.05) is 31.2 Å². The Kier molecular flexibility index (Phi) is 4.37. The van der Waals surface area contributed by atoms with Crippen molar-refractivity contribution in [1.82, 2.24) is 15.3 Å². The van der Waals surface area contributed by atoms with Crippen molar-refractivity contribution in [2.24, 2.45) is 0 Å². The number of benzene rings is 1. The highest BCUT2D eigenvalue weighted by molar-refractivity contribution is 5.95. The van der Waals surface area contributed by atoms with E-state index in [4.69, 9.17) is 9.47 Å². The van der Waals surface area contributed by atoms with Gasteiger partial charge in [0.15, 0.2) is 11.5 Å². The molecule has 1 saturated heterocycles. The minimum absolute atomic E-state index is 0.0678. The molecule has 7 heteroatoms. The van der Waals surface area contributed by atoms with Gasteiger partial charge in [-0.25, -0.2) is 9.97 Å². The van der Waals surface area contributed by atoms with Crippen molar-refractivity contribution >= 4 is 11.9 Å². The zero-order valence-electron chi connectivity index (χ0n) is 13.9. The Balaban J connectivity index is 1.42. The Morgan fingerprint density at radius 3 is 2.80 bits per heavy atom. The molecule has 1 N–H and O–H groups in total. The monoisotopic (exact) mass is 340 g/mol. The number of carbonyl (C=O) groups excluding carboxylic acids is 1. The summed E-state index contributed by atoms with van der Waals surface area (Å²) in [4.78, 5) is 23.3. The van der Waals surface area contributed by atoms with Gasteiger partial charge < -0.3 is 19.7 Å². The van der Waals surface area contributed by atoms with Crippen LogP contribution in [-0.2, 0) is 0 Å². The number of anilines is 1. The Morgan fingerprint density at radius 1 is 1.16 bits per heavy atom. The second-order valence-electron chi connectivity index (χ2n) is 6.17. The molecule has 25 heavy (non-hydrogen) atoms. The fourth-order valence-corrected chi connectivity index (χ4v) is 3.18. The molecule has 2 aliphatic heterocycles. The van der Waals surface area contributed by atoms with Gasteiger partial charge in [-0.05, 0) is 37.1 Å². The molecule has 4 rings (SSSR count). The SMILES string of the molecule is O=C(N[C@H]1CCCN(c2ncccn2)C1)c1ccc2c(c1)OCCO2. The van der Waals surface area contributed by atoms with Crippen LogP contribution in [0.5, 0.6) is 11.5 Å². The average Bonchev–Trinajstić information content (AvgIpc) is 2.68. The van der Waals surface area contributed by atoms with Gasteiger partial charge in [-0.15, -0.1) is 0 Å². The topological polar surface area (TPSA) is 76.6 Å². The molecular formula is C18H20N4O3. The van der Waals surface area contributed by atoms with Gasteiger partial charge in [0.2, 0.25) is 5.95 Å². The highest BCUT2D eigenvalue weighted by Gasteiger charge is 2.24. The predicted octanol–water partition coefficient (Wildman–Crippen LogP) is 1.65. The summed E-state index contributed by atoms with van der Waals surface area (Å²) >= 11 is 0. The van der Waals surface area contributed by atoms with E-state index in [1.807, 2.05) is 0 Å². The van der Waals surface area contributed by atoms with Crippen molar-refractivity contribution in [3.05, 3.63) is 42.2 Å². The van der Waals surface area contributed by atoms with Crippen LogP contribution in [0, 0.1) is 0 Å². The van der Waals surface area contributed by atoms with Crippen LogP contribution in [0.2, 0.25) is 0 Å². The van der Waals surface area contributed by atoms with Gasteiger partial charge >= 0.3 is 0 Å². The van der Waals surface area contributed by atoms with Crippen LogP contribution in [0.3, 0.4) is 0 Å². The summed E-state index contributed by atoms with van der Waals surface area (Å²) in [6, 6.07) is 7.16. The van der Waals surface area contributed by atoms with Crippen LogP contribution in [0.4, 0.5) is 5.95 Å². The number of amides is 1. The Labute approximate surface area is 146 Å². The molecule has 7 nitrogen and oxygen atoms in total. The van der Waals surface area contributed by atoms with Gasteiger partial charge in [0, 0.05) is 37.1 Å². The summed E-state index contributed by atoms with van der Waals surface area (Å²) < 4.78 is 11.0. The van der Waals surface area contributed by atoms with Crippen molar-refractivity contribution < 1.29 is 14.3 Å². The maximum absolute atomic E-state index is 12.6. The van der Waals surface area contributed by atoms with Gasteiger partial charge in [-0.3, -0.25) is 4.79 Å². The highest BCUT2D eigenvalue weighted by Crippen LogP contribution is 2.30. The fraction of sp³-hybridized carbons (Fsp3) is 0.389. The van der Waals surface area contributed by atoms with Crippen molar-refractivity contribution in [3.8, 4) is 11.5 Å². The van der Waals surface area contributed by atoms with Gasteiger partial charge in [-0.2, -0.15) is 0 Å². The molecule has 1 fully saturated rings. The molecule has 0 saturated carbocycles. The first-order valence-corrected chi connectivity index (χ1v) is 8.52. The third kappa shape index (κ3) is 3.50. The van der Waals surface area contributed by atoms with E-state index in [0.717, 1.165) is 19.4 Å². The molecule has 0 aliphatic carbocycles. The lowest BCUT2D eigenvalue weighted by Gasteiger charge is -2.33. The summed E-state index contributed by atoms with van der Waals surface area (Å²) in [6.07, 6.45) is 5.41. The van der Waals surface area contributed by atoms with Crippen LogP contribution < -0.4 is 19.7 Å². The van der Waals surface area contributed by atoms with Gasteiger partial charge in [0.1, 0.15) is 13.2 Å². The number of aromatic nitrogens is 2. The largest absolute Gasteiger partial charge is 0.486 e. The van der Waals surface area contributed by atoms with E-state index < -0.39 is 0 Å². The second-order valence-corrected chi connectivity index (χ2v) is 6.17. The highest BCUT2D eigenvalue weighted by atomic mass is 16.6. The summed E-state index contributed by atoms with van der Waals surface area (Å²) in [5.41, 5.74) is 0.581. The number of rotatable bonds is 3. The number of nitrogens with one attached hydrogen (secondary N) is 1. The average molecular weight is 340 g/mol. The Bertz CT molecular complexity index is 753. The fourth-order valence-electron chi connectivity index (χ4n) is 3.18. The molecule has 0 radical (unpaired) electrons. The maximum Gasteiger partial charge on any atom is 0.251 e. The van der Waals surface area contributed by atoms with E-state index in [0.29, 0.717) is 42.8 Å². The first-order valence-electron chi connectivity index (χ1n) is 8.52. The van der Waals surface area contributed by atoms with E-state index in [-0.39, 0.29) is 11.9 Å². The van der Waals surface area contributed by atoms with Crippen molar-refractivity contribution in [3.63, 3.8) is 0 Å². The van der Waals surface area contributed by atoms with E-state index >= 15 is 0 Å². The van der Waals surface area contributed by atoms with E-state index in [1.54, 1.807) is 36.7 Å². The molecule has 0 spiro atoms. The first kappa shape index (κ1) is 15.7. The zero-order chi connectivity index (χ0) is 17.1.